The van der Waals surface area contributed by atoms with E-state index in [4.69, 9.17) is 0 Å². The molecule has 0 bridgehead atoms. The first-order valence-corrected chi connectivity index (χ1v) is 9.31. The number of hydrogen-bond acceptors (Lipinski definition) is 4. The van der Waals surface area contributed by atoms with Crippen LogP contribution in [0.5, 0.6) is 0 Å². The molecule has 0 fully saturated rings. The SMILES string of the molecule is CC(Nc1ncnc2cc(-c3ccccc3)sc12)C1=C=C=CC=C1C(F)(F)F. The third kappa shape index (κ3) is 3.51. The minimum absolute atomic E-state index is 0.00148. The van der Waals surface area contributed by atoms with Crippen LogP contribution in [0.4, 0.5) is 19.0 Å². The van der Waals surface area contributed by atoms with E-state index in [1.807, 2.05) is 36.4 Å². The minimum Gasteiger partial charge on any atom is -0.362 e. The molecule has 1 N–H and O–H groups in total. The van der Waals surface area contributed by atoms with Gasteiger partial charge in [-0.1, -0.05) is 41.8 Å². The number of thiophene rings is 1. The molecule has 1 atom stereocenters. The van der Waals surface area contributed by atoms with Crippen molar-refractivity contribution >= 4 is 27.4 Å². The number of allylic oxidation sites excluding steroid dienone is 2. The Labute approximate surface area is 163 Å². The van der Waals surface area contributed by atoms with Crippen LogP contribution in [0.25, 0.3) is 20.7 Å². The van der Waals surface area contributed by atoms with Gasteiger partial charge in [0.1, 0.15) is 12.1 Å². The Kier molecular flexibility index (Phi) is 4.65. The van der Waals surface area contributed by atoms with Crippen molar-refractivity contribution in [3.63, 3.8) is 0 Å². The van der Waals surface area contributed by atoms with E-state index in [1.165, 1.54) is 23.7 Å². The fourth-order valence-corrected chi connectivity index (χ4v) is 4.04. The van der Waals surface area contributed by atoms with E-state index in [2.05, 4.69) is 26.7 Å². The summed E-state index contributed by atoms with van der Waals surface area (Å²) in [6, 6.07) is 11.1. The van der Waals surface area contributed by atoms with Gasteiger partial charge in [-0.05, 0) is 30.7 Å². The van der Waals surface area contributed by atoms with Crippen molar-refractivity contribution in [2.24, 2.45) is 0 Å². The number of hydrogen-bond donors (Lipinski definition) is 1. The fourth-order valence-electron chi connectivity index (χ4n) is 2.97. The lowest BCUT2D eigenvalue weighted by Gasteiger charge is -2.21. The standard InChI is InChI=1S/C21H14F3N3S/c1-13(15-9-5-6-10-16(15)21(22,23)24)27-20-19-17(25-12-26-20)11-18(28-19)14-7-3-2-4-8-14/h2-4,6-8,10-13H,1H3,(H,25,26,27). The van der Waals surface area contributed by atoms with Crippen molar-refractivity contribution in [3.8, 4) is 10.4 Å². The third-order valence-electron chi connectivity index (χ3n) is 4.29. The van der Waals surface area contributed by atoms with Crippen molar-refractivity contribution < 1.29 is 13.2 Å². The third-order valence-corrected chi connectivity index (χ3v) is 5.47. The molecule has 7 heteroatoms. The summed E-state index contributed by atoms with van der Waals surface area (Å²) in [5.41, 5.74) is 6.27. The molecule has 4 rings (SSSR count). The maximum Gasteiger partial charge on any atom is 0.417 e. The van der Waals surface area contributed by atoms with E-state index in [1.54, 1.807) is 6.92 Å². The maximum atomic E-state index is 13.3. The van der Waals surface area contributed by atoms with Crippen LogP contribution >= 0.6 is 11.3 Å². The van der Waals surface area contributed by atoms with Gasteiger partial charge in [0.15, 0.2) is 0 Å². The number of nitrogens with one attached hydrogen (secondary N) is 1. The quantitative estimate of drug-likeness (QED) is 0.557. The lowest BCUT2D eigenvalue weighted by Crippen LogP contribution is -2.25. The maximum absolute atomic E-state index is 13.3. The summed E-state index contributed by atoms with van der Waals surface area (Å²) in [6.07, 6.45) is -0.822. The molecule has 3 aromatic rings. The van der Waals surface area contributed by atoms with Crippen LogP contribution in [0, 0.1) is 0 Å². The molecule has 0 spiro atoms. The van der Waals surface area contributed by atoms with Crippen LogP contribution in [0.2, 0.25) is 0 Å². The van der Waals surface area contributed by atoms with Gasteiger partial charge in [-0.3, -0.25) is 0 Å². The van der Waals surface area contributed by atoms with Crippen LogP contribution in [0.3, 0.4) is 0 Å². The molecule has 0 radical (unpaired) electrons. The van der Waals surface area contributed by atoms with Crippen molar-refractivity contribution in [3.05, 3.63) is 77.5 Å². The molecular formula is C21H14F3N3S. The van der Waals surface area contributed by atoms with Gasteiger partial charge >= 0.3 is 6.18 Å². The predicted octanol–water partition coefficient (Wildman–Crippen LogP) is 5.90. The second-order valence-corrected chi connectivity index (χ2v) is 7.26. The summed E-state index contributed by atoms with van der Waals surface area (Å²) in [6.45, 7) is 1.65. The second kappa shape index (κ2) is 7.13. The van der Waals surface area contributed by atoms with E-state index in [-0.39, 0.29) is 5.57 Å². The van der Waals surface area contributed by atoms with Crippen molar-refractivity contribution in [1.29, 1.82) is 0 Å². The smallest absolute Gasteiger partial charge is 0.362 e. The van der Waals surface area contributed by atoms with Crippen molar-refractivity contribution in [2.45, 2.75) is 19.1 Å². The number of alkyl halides is 3. The highest BCUT2D eigenvalue weighted by atomic mass is 32.1. The van der Waals surface area contributed by atoms with Crippen molar-refractivity contribution in [2.75, 3.05) is 5.32 Å². The molecule has 1 aliphatic rings. The van der Waals surface area contributed by atoms with Crippen LogP contribution in [0.1, 0.15) is 6.92 Å². The molecule has 28 heavy (non-hydrogen) atoms. The van der Waals surface area contributed by atoms with Crippen LogP contribution < -0.4 is 5.32 Å². The van der Waals surface area contributed by atoms with E-state index in [0.717, 1.165) is 26.7 Å². The van der Waals surface area contributed by atoms with E-state index < -0.39 is 17.8 Å². The van der Waals surface area contributed by atoms with Gasteiger partial charge in [-0.25, -0.2) is 9.97 Å². The van der Waals surface area contributed by atoms with E-state index in [9.17, 15) is 13.2 Å². The molecule has 2 heterocycles. The van der Waals surface area contributed by atoms with E-state index in [0.29, 0.717) is 5.82 Å². The summed E-state index contributed by atoms with van der Waals surface area (Å²) in [7, 11) is 0. The Morgan fingerprint density at radius 3 is 2.68 bits per heavy atom. The lowest BCUT2D eigenvalue weighted by molar-refractivity contribution is -0.0896. The van der Waals surface area contributed by atoms with Gasteiger partial charge < -0.3 is 5.32 Å². The summed E-state index contributed by atoms with van der Waals surface area (Å²) in [5.74, 6) is 0.495. The van der Waals surface area contributed by atoms with Crippen molar-refractivity contribution in [1.82, 2.24) is 9.97 Å². The normalized spacial score (nSPS) is 14.7. The van der Waals surface area contributed by atoms with Gasteiger partial charge in [-0.2, -0.15) is 13.2 Å². The van der Waals surface area contributed by atoms with Crippen LogP contribution in [0.15, 0.2) is 77.5 Å². The zero-order valence-corrected chi connectivity index (χ0v) is 15.5. The Balaban J connectivity index is 1.69. The summed E-state index contributed by atoms with van der Waals surface area (Å²) in [4.78, 5) is 9.56. The molecule has 3 nitrogen and oxygen atoms in total. The van der Waals surface area contributed by atoms with Gasteiger partial charge in [-0.15, -0.1) is 11.3 Å². The first-order chi connectivity index (χ1) is 13.4. The number of fused-ring (bicyclic) bond motifs is 1. The lowest BCUT2D eigenvalue weighted by atomic mass is 9.97. The molecule has 0 amide bonds. The molecule has 2 aromatic heterocycles. The topological polar surface area (TPSA) is 37.8 Å². The number of aromatic nitrogens is 2. The Hall–Kier alpha value is -3.11. The minimum atomic E-state index is -4.46. The number of benzene rings is 1. The number of rotatable bonds is 4. The first kappa shape index (κ1) is 18.3. The Bertz CT molecular complexity index is 1160. The summed E-state index contributed by atoms with van der Waals surface area (Å²) >= 11 is 1.50. The largest absolute Gasteiger partial charge is 0.417 e. The predicted molar refractivity (Wildman–Crippen MR) is 105 cm³/mol. The molecule has 1 unspecified atom stereocenters. The van der Waals surface area contributed by atoms with Gasteiger partial charge in [0.2, 0.25) is 0 Å². The Morgan fingerprint density at radius 2 is 1.93 bits per heavy atom. The fraction of sp³-hybridized carbons (Fsp3) is 0.143. The zero-order chi connectivity index (χ0) is 19.7. The van der Waals surface area contributed by atoms with Crippen LogP contribution in [-0.4, -0.2) is 22.2 Å². The average Bonchev–Trinajstić information content (AvgIpc) is 3.13. The molecule has 0 saturated carbocycles. The number of halogens is 3. The molecule has 1 aromatic carbocycles. The molecule has 0 aliphatic heterocycles. The highest BCUT2D eigenvalue weighted by Gasteiger charge is 2.38. The second-order valence-electron chi connectivity index (χ2n) is 6.21. The van der Waals surface area contributed by atoms with E-state index >= 15 is 0 Å². The summed E-state index contributed by atoms with van der Waals surface area (Å²) in [5, 5.41) is 3.09. The molecular weight excluding hydrogens is 383 g/mol. The van der Waals surface area contributed by atoms with Crippen LogP contribution in [-0.2, 0) is 0 Å². The van der Waals surface area contributed by atoms with Gasteiger partial charge in [0, 0.05) is 10.5 Å². The summed E-state index contributed by atoms with van der Waals surface area (Å²) < 4.78 is 40.7. The van der Waals surface area contributed by atoms with Gasteiger partial charge in [0.05, 0.1) is 21.8 Å². The average molecular weight is 397 g/mol. The number of anilines is 1. The first-order valence-electron chi connectivity index (χ1n) is 8.49. The molecule has 1 aliphatic carbocycles. The van der Waals surface area contributed by atoms with Gasteiger partial charge in [0.25, 0.3) is 0 Å². The highest BCUT2D eigenvalue weighted by molar-refractivity contribution is 7.22. The number of nitrogens with zero attached hydrogens (tertiary/aromatic N) is 2. The Morgan fingerprint density at radius 1 is 1.14 bits per heavy atom. The zero-order valence-electron chi connectivity index (χ0n) is 14.7. The molecule has 0 saturated heterocycles. The monoisotopic (exact) mass is 397 g/mol. The highest BCUT2D eigenvalue weighted by Crippen LogP contribution is 2.37. The molecule has 140 valence electrons.